The van der Waals surface area contributed by atoms with E-state index >= 15 is 70.2 Å². The smallest absolute Gasteiger partial charge is 0.207 e. The molecule has 0 saturated carbocycles. The van der Waals surface area contributed by atoms with E-state index in [9.17, 15) is 105 Å². The van der Waals surface area contributed by atoms with Crippen molar-refractivity contribution < 1.29 is 224 Å². The van der Waals surface area contributed by atoms with E-state index in [1.165, 1.54) is 0 Å². The molecule has 0 heterocycles. The largest absolute Gasteiger partial charge is 1.00 e. The molecular weight excluding hydrogens is 1390 g/mol. The van der Waals surface area contributed by atoms with E-state index in [0.717, 1.165) is 0 Å². The van der Waals surface area contributed by atoms with Crippen LogP contribution in [-0.4, -0.2) is 12.3 Å². The summed E-state index contributed by atoms with van der Waals surface area (Å²) in [6.45, 7) is 0. The third-order valence-corrected chi connectivity index (χ3v) is 13.4. The minimum Gasteiger partial charge on any atom is -0.207 e. The van der Waals surface area contributed by atoms with Gasteiger partial charge in [0.1, 0.15) is 105 Å². The summed E-state index contributed by atoms with van der Waals surface area (Å²) in [5, 5.41) is 0. The predicted molar refractivity (Wildman–Crippen MR) is 218 cm³/mol. The molecule has 44 heteroatoms. The van der Waals surface area contributed by atoms with Crippen LogP contribution in [0.1, 0.15) is 0 Å². The molecule has 0 atom stereocenters. The van der Waals surface area contributed by atoms with Gasteiger partial charge < -0.3 is 0 Å². The molecule has 480 valence electrons. The number of hydrogen-bond donors (Lipinski definition) is 0. The topological polar surface area (TPSA) is 0 Å². The summed E-state index contributed by atoms with van der Waals surface area (Å²) < 4.78 is 588. The number of hydrogen-bond acceptors (Lipinski definition) is 0. The Morgan fingerprint density at radius 1 is 0.0978 bits per heavy atom. The van der Waals surface area contributed by atoms with Crippen LogP contribution in [0.15, 0.2) is 0 Å². The van der Waals surface area contributed by atoms with Crippen LogP contribution in [0.25, 0.3) is 0 Å². The number of rotatable bonds is 8. The van der Waals surface area contributed by atoms with Gasteiger partial charge in [0, 0.05) is 0 Å². The van der Waals surface area contributed by atoms with Crippen molar-refractivity contribution in [1.29, 1.82) is 0 Å². The van der Waals surface area contributed by atoms with E-state index in [0.29, 0.717) is 0 Å². The van der Waals surface area contributed by atoms with E-state index in [4.69, 9.17) is 0 Å². The minimum atomic E-state index is -7.22. The third kappa shape index (κ3) is 10.2. The van der Waals surface area contributed by atoms with Gasteiger partial charge in [0.2, 0.25) is 0 Å². The van der Waals surface area contributed by atoms with Crippen molar-refractivity contribution in [2.75, 3.05) is 0 Å². The van der Waals surface area contributed by atoms with Crippen molar-refractivity contribution >= 4 is 56.0 Å². The first-order chi connectivity index (χ1) is 41.4. The van der Waals surface area contributed by atoms with Crippen LogP contribution in [0.4, 0.5) is 176 Å². The summed E-state index contributed by atoms with van der Waals surface area (Å²) >= 11 is 0. The standard InChI is InChI=1S/2C24BF20.Li.Na/c2*26-5-1(6(27)14(35)21(42)13(5)34)25(2-7(28)15(36)22(43)16(37)8(2)29,3-9(30)17(38)23(44)18(39)10(3)31)4-11(32)19(40)24(45)20(41)12(4)33;;/q2*-1;2*+1. The molecule has 0 amide bonds. The molecular formula is C48B2F40LiNa. The van der Waals surface area contributed by atoms with Crippen LogP contribution in [0.5, 0.6) is 0 Å². The quantitative estimate of drug-likeness (QED) is 0.0795. The minimum absolute atomic E-state index is 0. The summed E-state index contributed by atoms with van der Waals surface area (Å²) in [6, 6.07) is 0. The van der Waals surface area contributed by atoms with Gasteiger partial charge in [0.15, 0.2) is 140 Å². The van der Waals surface area contributed by atoms with E-state index in [1.54, 1.807) is 0 Å². The first kappa shape index (κ1) is 75.4. The maximum absolute atomic E-state index is 15.4. The molecule has 0 fully saturated rings. The summed E-state index contributed by atoms with van der Waals surface area (Å²) in [5.74, 6) is -143. The average molecular weight is 1390 g/mol. The summed E-state index contributed by atoms with van der Waals surface area (Å²) in [4.78, 5) is 0. The second kappa shape index (κ2) is 25.9. The molecule has 0 saturated heterocycles. The van der Waals surface area contributed by atoms with Crippen molar-refractivity contribution in [2.24, 2.45) is 0 Å². The number of benzene rings is 8. The summed E-state index contributed by atoms with van der Waals surface area (Å²) in [7, 11) is 0. The second-order valence-electron chi connectivity index (χ2n) is 17.6. The molecule has 92 heavy (non-hydrogen) atoms. The Morgan fingerprint density at radius 3 is 0.196 bits per heavy atom. The van der Waals surface area contributed by atoms with Gasteiger partial charge in [-0.3, -0.25) is 0 Å². The molecule has 8 rings (SSSR count). The average Bonchev–Trinajstić information content (AvgIpc) is 0.689. The number of halogens is 40. The predicted octanol–water partition coefficient (Wildman–Crippen LogP) is 5.70. The maximum Gasteiger partial charge on any atom is 1.00 e. The Bertz CT molecular complexity index is 3440. The van der Waals surface area contributed by atoms with E-state index in [-0.39, 0.29) is 48.4 Å². The van der Waals surface area contributed by atoms with Crippen molar-refractivity contribution in [1.82, 2.24) is 0 Å². The fraction of sp³-hybridized carbons (Fsp3) is 0. The van der Waals surface area contributed by atoms with Gasteiger partial charge in [-0.2, -0.15) is 0 Å². The molecule has 0 spiro atoms. The van der Waals surface area contributed by atoms with Crippen molar-refractivity contribution in [3.8, 4) is 0 Å². The summed E-state index contributed by atoms with van der Waals surface area (Å²) in [6.07, 6.45) is -14.4. The van der Waals surface area contributed by atoms with Gasteiger partial charge in [0.05, 0.1) is 0 Å². The fourth-order valence-corrected chi connectivity index (χ4v) is 9.75. The van der Waals surface area contributed by atoms with Crippen LogP contribution in [-0.2, 0) is 0 Å². The normalized spacial score (nSPS) is 11.7. The molecule has 8 aromatic rings. The molecule has 0 unspecified atom stereocenters. The van der Waals surface area contributed by atoms with Gasteiger partial charge in [-0.25, -0.2) is 176 Å². The molecule has 0 N–H and O–H groups in total. The molecule has 0 bridgehead atoms. The zero-order valence-corrected chi connectivity index (χ0v) is 44.3. The zero-order chi connectivity index (χ0) is 68.7. The summed E-state index contributed by atoms with van der Waals surface area (Å²) in [5.41, 5.74) is -28.7. The molecule has 0 aliphatic rings. The van der Waals surface area contributed by atoms with Crippen LogP contribution >= 0.6 is 0 Å². The SMILES string of the molecule is Fc1c(F)c(F)c([B-](c2c(F)c(F)c(F)c(F)c2F)(c2c(F)c(F)c(F)c(F)c2F)c2c(F)c(F)c(F)c(F)c2F)c(F)c1F.Fc1c(F)c(F)c([B-](c2c(F)c(F)c(F)c(F)c2F)(c2c(F)c(F)c(F)c(F)c2F)c2c(F)c(F)c(F)c(F)c2F)c(F)c1F.[Li+].[Na+]. The molecule has 0 radical (unpaired) electrons. The molecule has 0 aliphatic carbocycles. The van der Waals surface area contributed by atoms with E-state index < -0.39 is 289 Å². The van der Waals surface area contributed by atoms with Gasteiger partial charge in [0.25, 0.3) is 0 Å². The Labute approximate surface area is 510 Å². The second-order valence-corrected chi connectivity index (χ2v) is 17.6. The van der Waals surface area contributed by atoms with Gasteiger partial charge in [-0.05, 0) is 0 Å². The maximum atomic E-state index is 15.4. The third-order valence-electron chi connectivity index (χ3n) is 13.4. The van der Waals surface area contributed by atoms with Crippen LogP contribution in [0, 0.1) is 233 Å². The van der Waals surface area contributed by atoms with Crippen LogP contribution in [0.2, 0.25) is 0 Å². The first-order valence-corrected chi connectivity index (χ1v) is 21.9. The fourth-order valence-electron chi connectivity index (χ4n) is 9.75. The van der Waals surface area contributed by atoms with E-state index in [1.807, 2.05) is 0 Å². The van der Waals surface area contributed by atoms with Gasteiger partial charge in [-0.15, -0.1) is 43.7 Å². The molecule has 8 aromatic carbocycles. The van der Waals surface area contributed by atoms with Crippen molar-refractivity contribution in [3.63, 3.8) is 0 Å². The van der Waals surface area contributed by atoms with E-state index in [2.05, 4.69) is 0 Å². The zero-order valence-electron chi connectivity index (χ0n) is 42.3. The Hall–Kier alpha value is -7.31. The molecule has 0 nitrogen and oxygen atoms in total. The van der Waals surface area contributed by atoms with Crippen molar-refractivity contribution in [2.45, 2.75) is 0 Å². The Kier molecular flexibility index (Phi) is 21.2. The van der Waals surface area contributed by atoms with Gasteiger partial charge >= 0.3 is 48.4 Å². The Morgan fingerprint density at radius 2 is 0.141 bits per heavy atom. The molecule has 0 aliphatic heterocycles. The molecule has 0 aromatic heterocycles. The van der Waals surface area contributed by atoms with Crippen molar-refractivity contribution in [3.05, 3.63) is 233 Å². The Balaban J connectivity index is 0.000000327. The van der Waals surface area contributed by atoms with Gasteiger partial charge in [-0.1, -0.05) is 0 Å². The monoisotopic (exact) mass is 1390 g/mol. The first-order valence-electron chi connectivity index (χ1n) is 21.9. The van der Waals surface area contributed by atoms with Crippen LogP contribution in [0.3, 0.4) is 0 Å². The van der Waals surface area contributed by atoms with Crippen LogP contribution < -0.4 is 92.1 Å².